The molecule has 7 rings (SSSR count). The number of nitrogens with one attached hydrogen (secondary N) is 1. The van der Waals surface area contributed by atoms with E-state index in [1.807, 2.05) is 43.3 Å². The number of halogens is 1. The number of hydrogen-bond donors (Lipinski definition) is 1. The lowest BCUT2D eigenvalue weighted by atomic mass is 9.69. The maximum Gasteiger partial charge on any atom is 0.236 e. The number of carbonyl (C=O) groups excluding carboxylic acids is 1. The molecule has 0 bridgehead atoms. The van der Waals surface area contributed by atoms with Crippen LogP contribution in [0.2, 0.25) is 5.02 Å². The third-order valence-corrected chi connectivity index (χ3v) is 8.90. The first-order valence-corrected chi connectivity index (χ1v) is 13.5. The lowest BCUT2D eigenvalue weighted by molar-refractivity contribution is -0.121. The summed E-state index contributed by atoms with van der Waals surface area (Å²) in [6, 6.07) is 16.0. The van der Waals surface area contributed by atoms with E-state index in [9.17, 15) is 4.79 Å². The molecule has 8 heteroatoms. The van der Waals surface area contributed by atoms with E-state index in [1.54, 1.807) is 11.3 Å². The highest BCUT2D eigenvalue weighted by Gasteiger charge is 2.48. The van der Waals surface area contributed by atoms with Crippen molar-refractivity contribution < 1.29 is 4.79 Å². The number of anilines is 1. The highest BCUT2D eigenvalue weighted by Crippen LogP contribution is 2.48. The molecule has 6 nitrogen and oxygen atoms in total. The normalized spacial score (nSPS) is 19.1. The van der Waals surface area contributed by atoms with E-state index in [0.29, 0.717) is 18.0 Å². The number of amides is 1. The van der Waals surface area contributed by atoms with Gasteiger partial charge < -0.3 is 5.32 Å². The van der Waals surface area contributed by atoms with Gasteiger partial charge in [-0.15, -0.1) is 21.5 Å². The molecule has 0 spiro atoms. The van der Waals surface area contributed by atoms with Crippen molar-refractivity contribution in [3.05, 3.63) is 92.3 Å². The molecule has 0 radical (unpaired) electrons. The zero-order valence-corrected chi connectivity index (χ0v) is 21.7. The van der Waals surface area contributed by atoms with Crippen LogP contribution in [0.15, 0.2) is 53.5 Å². The first-order valence-electron chi connectivity index (χ1n) is 12.3. The fraction of sp³-hybridized carbons (Fsp3) is 0.241. The lowest BCUT2D eigenvalue weighted by Gasteiger charge is -2.31. The van der Waals surface area contributed by atoms with Crippen LogP contribution < -0.4 is 5.32 Å². The van der Waals surface area contributed by atoms with E-state index in [-0.39, 0.29) is 5.91 Å². The van der Waals surface area contributed by atoms with Crippen LogP contribution in [0.1, 0.15) is 58.0 Å². The lowest BCUT2D eigenvalue weighted by Crippen LogP contribution is -2.36. The van der Waals surface area contributed by atoms with Crippen LogP contribution >= 0.6 is 22.9 Å². The van der Waals surface area contributed by atoms with E-state index >= 15 is 0 Å². The van der Waals surface area contributed by atoms with Gasteiger partial charge in [0, 0.05) is 28.3 Å². The molecule has 0 saturated carbocycles. The summed E-state index contributed by atoms with van der Waals surface area (Å²) in [5.41, 5.74) is 5.48. The second-order valence-electron chi connectivity index (χ2n) is 9.68. The zero-order valence-electron chi connectivity index (χ0n) is 20.1. The molecule has 2 aromatic carbocycles. The monoisotopic (exact) mass is 523 g/mol. The Kier molecular flexibility index (Phi) is 5.10. The van der Waals surface area contributed by atoms with Gasteiger partial charge in [0.2, 0.25) is 5.91 Å². The number of benzene rings is 2. The standard InChI is InChI=1S/C29H22ClN5OS/c1-17-33-34-24-16-31-26(20-10-2-3-11-22(20)30)21-15-19(37-27(21)35(17)24)9-6-14-29-13-5-8-18-7-4-12-23(25(18)29)32-28(29)36/h2-4,7,10-12,15H,5,8,13-14,16H2,1H3,(H,32,36). The Morgan fingerprint density at radius 3 is 2.95 bits per heavy atom. The van der Waals surface area contributed by atoms with Crippen molar-refractivity contribution in [3.63, 3.8) is 0 Å². The Balaban J connectivity index is 1.30. The third kappa shape index (κ3) is 3.40. The second kappa shape index (κ2) is 8.41. The van der Waals surface area contributed by atoms with E-state index < -0.39 is 5.41 Å². The molecule has 4 heterocycles. The minimum absolute atomic E-state index is 0.0730. The SMILES string of the molecule is Cc1nnc2n1-c1sc(C#CCC34CCCc5cccc(c53)NC4=O)cc1C(c1ccccc1Cl)=NC2. The number of aryl methyl sites for hydroxylation is 2. The Labute approximate surface area is 223 Å². The Bertz CT molecular complexity index is 1700. The summed E-state index contributed by atoms with van der Waals surface area (Å²) < 4.78 is 2.06. The van der Waals surface area contributed by atoms with Gasteiger partial charge >= 0.3 is 0 Å². The summed E-state index contributed by atoms with van der Waals surface area (Å²) in [5, 5.41) is 13.4. The largest absolute Gasteiger partial charge is 0.325 e. The van der Waals surface area contributed by atoms with Crippen molar-refractivity contribution in [2.24, 2.45) is 4.99 Å². The van der Waals surface area contributed by atoms with Gasteiger partial charge in [-0.05, 0) is 55.5 Å². The third-order valence-electron chi connectivity index (χ3n) is 7.53. The summed E-state index contributed by atoms with van der Waals surface area (Å²) in [6.07, 6.45) is 3.32. The molecular weight excluding hydrogens is 502 g/mol. The van der Waals surface area contributed by atoms with E-state index in [4.69, 9.17) is 16.6 Å². The van der Waals surface area contributed by atoms with Crippen molar-refractivity contribution in [2.75, 3.05) is 5.32 Å². The molecule has 1 amide bonds. The quantitative estimate of drug-likeness (QED) is 0.347. The van der Waals surface area contributed by atoms with Gasteiger partial charge in [-0.2, -0.15) is 0 Å². The minimum Gasteiger partial charge on any atom is -0.325 e. The summed E-state index contributed by atoms with van der Waals surface area (Å²) >= 11 is 8.18. The smallest absolute Gasteiger partial charge is 0.236 e. The van der Waals surface area contributed by atoms with Crippen molar-refractivity contribution in [1.29, 1.82) is 0 Å². The van der Waals surface area contributed by atoms with Gasteiger partial charge in [-0.25, -0.2) is 0 Å². The fourth-order valence-corrected chi connectivity index (χ4v) is 7.19. The molecule has 1 atom stereocenters. The predicted molar refractivity (Wildman–Crippen MR) is 146 cm³/mol. The van der Waals surface area contributed by atoms with Gasteiger partial charge in [0.05, 0.1) is 16.0 Å². The molecule has 37 heavy (non-hydrogen) atoms. The molecule has 0 fully saturated rings. The molecule has 2 aromatic heterocycles. The number of rotatable bonds is 2. The maximum absolute atomic E-state index is 13.2. The number of fused-ring (bicyclic) bond motifs is 3. The van der Waals surface area contributed by atoms with Gasteiger partial charge in [-0.3, -0.25) is 14.4 Å². The van der Waals surface area contributed by atoms with Crippen molar-refractivity contribution in [2.45, 2.75) is 44.6 Å². The summed E-state index contributed by atoms with van der Waals surface area (Å²) in [7, 11) is 0. The number of nitrogens with zero attached hydrogens (tertiary/aromatic N) is 4. The molecule has 4 aromatic rings. The molecular formula is C29H22ClN5OS. The second-order valence-corrected chi connectivity index (χ2v) is 11.1. The molecule has 1 N–H and O–H groups in total. The number of carbonyl (C=O) groups is 1. The minimum atomic E-state index is -0.562. The van der Waals surface area contributed by atoms with Crippen molar-refractivity contribution in [3.8, 4) is 16.8 Å². The molecule has 2 aliphatic heterocycles. The van der Waals surface area contributed by atoms with E-state index in [1.165, 1.54) is 5.56 Å². The average molecular weight is 524 g/mol. The first-order chi connectivity index (χ1) is 18.0. The highest BCUT2D eigenvalue weighted by molar-refractivity contribution is 7.15. The number of aromatic nitrogens is 3. The predicted octanol–water partition coefficient (Wildman–Crippen LogP) is 5.61. The summed E-state index contributed by atoms with van der Waals surface area (Å²) in [4.78, 5) is 19.0. The molecule has 1 aliphatic carbocycles. The molecule has 3 aliphatic rings. The van der Waals surface area contributed by atoms with Gasteiger partial charge in [0.25, 0.3) is 0 Å². The van der Waals surface area contributed by atoms with Crippen LogP contribution in [-0.2, 0) is 23.2 Å². The first kappa shape index (κ1) is 22.5. The number of thiophene rings is 1. The zero-order chi connectivity index (χ0) is 25.1. The molecule has 182 valence electrons. The van der Waals surface area contributed by atoms with Gasteiger partial charge in [0.1, 0.15) is 17.4 Å². The van der Waals surface area contributed by atoms with Crippen molar-refractivity contribution in [1.82, 2.24) is 14.8 Å². The topological polar surface area (TPSA) is 72.2 Å². The van der Waals surface area contributed by atoms with Crippen LogP contribution in [0, 0.1) is 18.8 Å². The van der Waals surface area contributed by atoms with E-state index in [2.05, 4.69) is 44.1 Å². The Morgan fingerprint density at radius 2 is 2.05 bits per heavy atom. The average Bonchev–Trinajstić information content (AvgIpc) is 3.53. The van der Waals surface area contributed by atoms with Crippen LogP contribution in [0.5, 0.6) is 0 Å². The van der Waals surface area contributed by atoms with Crippen LogP contribution in [-0.4, -0.2) is 26.4 Å². The molecule has 0 saturated heterocycles. The number of aliphatic imine (C=N–C) groups is 1. The number of hydrogen-bond acceptors (Lipinski definition) is 5. The van der Waals surface area contributed by atoms with Gasteiger partial charge in [0.15, 0.2) is 5.82 Å². The van der Waals surface area contributed by atoms with Crippen LogP contribution in [0.4, 0.5) is 5.69 Å². The maximum atomic E-state index is 13.2. The van der Waals surface area contributed by atoms with Crippen molar-refractivity contribution >= 4 is 40.2 Å². The fourth-order valence-electron chi connectivity index (χ4n) is 5.86. The Hall–Kier alpha value is -3.73. The summed E-state index contributed by atoms with van der Waals surface area (Å²) in [6.45, 7) is 2.37. The van der Waals surface area contributed by atoms with Gasteiger partial charge in [-0.1, -0.05) is 53.8 Å². The van der Waals surface area contributed by atoms with Crippen LogP contribution in [0.25, 0.3) is 5.00 Å². The van der Waals surface area contributed by atoms with E-state index in [0.717, 1.165) is 68.9 Å². The highest BCUT2D eigenvalue weighted by atomic mass is 35.5. The Morgan fingerprint density at radius 1 is 1.16 bits per heavy atom. The van der Waals surface area contributed by atoms with Crippen LogP contribution in [0.3, 0.4) is 0 Å². The summed E-state index contributed by atoms with van der Waals surface area (Å²) in [5.74, 6) is 8.43. The molecule has 1 unspecified atom stereocenters.